The number of para-hydroxylation sites is 1. The third-order valence-electron chi connectivity index (χ3n) is 5.34. The summed E-state index contributed by atoms with van der Waals surface area (Å²) < 4.78 is 0. The van der Waals surface area contributed by atoms with Crippen molar-refractivity contribution < 1.29 is 9.59 Å². The van der Waals surface area contributed by atoms with Crippen molar-refractivity contribution in [2.45, 2.75) is 18.4 Å². The van der Waals surface area contributed by atoms with Gasteiger partial charge in [-0.25, -0.2) is 4.99 Å². The number of ketones is 1. The van der Waals surface area contributed by atoms with E-state index in [-0.39, 0.29) is 11.7 Å². The van der Waals surface area contributed by atoms with Crippen molar-refractivity contribution in [3.8, 4) is 0 Å². The monoisotopic (exact) mass is 472 g/mol. The molecule has 1 aromatic heterocycles. The molecule has 3 heterocycles. The number of carbonyl (C=O) groups excluding carboxylic acids is 2. The number of Topliss-reactive ketones (excluding diaryl/α,β-unsaturated/α-hetero) is 1. The van der Waals surface area contributed by atoms with Crippen LogP contribution in [0, 0.1) is 0 Å². The first-order valence-corrected chi connectivity index (χ1v) is 12.0. The molecule has 1 amide bonds. The van der Waals surface area contributed by atoms with Gasteiger partial charge in [0.05, 0.1) is 22.9 Å². The number of hydrogen-bond donors (Lipinski definition) is 0. The first kappa shape index (κ1) is 21.5. The molecular weight excluding hydrogens is 452 g/mol. The van der Waals surface area contributed by atoms with Crippen molar-refractivity contribution in [3.05, 3.63) is 94.1 Å². The number of nitrogens with zero attached hydrogens (tertiary/aromatic N) is 4. The van der Waals surface area contributed by atoms with Crippen LogP contribution < -0.4 is 4.90 Å². The molecule has 3 aromatic rings. The van der Waals surface area contributed by atoms with Crippen LogP contribution >= 0.6 is 23.5 Å². The van der Waals surface area contributed by atoms with Crippen LogP contribution in [0.4, 0.5) is 11.4 Å². The van der Waals surface area contributed by atoms with Crippen LogP contribution in [0.25, 0.3) is 0 Å². The van der Waals surface area contributed by atoms with E-state index in [0.717, 1.165) is 21.2 Å². The van der Waals surface area contributed by atoms with Crippen molar-refractivity contribution in [2.75, 3.05) is 11.9 Å². The molecule has 33 heavy (non-hydrogen) atoms. The number of hydrogen-bond acceptors (Lipinski definition) is 7. The Morgan fingerprint density at radius 2 is 1.91 bits per heavy atom. The molecule has 0 saturated carbocycles. The lowest BCUT2D eigenvalue weighted by Gasteiger charge is -2.16. The van der Waals surface area contributed by atoms with Crippen LogP contribution in [-0.2, 0) is 11.3 Å². The molecule has 0 unspecified atom stereocenters. The topological polar surface area (TPSA) is 65.9 Å². The molecule has 0 radical (unpaired) electrons. The summed E-state index contributed by atoms with van der Waals surface area (Å²) in [5.74, 6) is -0.114. The fraction of sp³-hybridized carbons (Fsp3) is 0.120. The lowest BCUT2D eigenvalue weighted by Crippen LogP contribution is -2.29. The summed E-state index contributed by atoms with van der Waals surface area (Å²) in [4.78, 5) is 39.9. The summed E-state index contributed by atoms with van der Waals surface area (Å²) >= 11 is 2.96. The summed E-state index contributed by atoms with van der Waals surface area (Å²) in [6.07, 6.45) is 3.46. The third-order valence-corrected chi connectivity index (χ3v) is 7.77. The van der Waals surface area contributed by atoms with Gasteiger partial charge in [-0.05, 0) is 54.6 Å². The second kappa shape index (κ2) is 8.88. The maximum absolute atomic E-state index is 13.6. The quantitative estimate of drug-likeness (QED) is 0.371. The summed E-state index contributed by atoms with van der Waals surface area (Å²) in [5.41, 5.74) is 3.22. The van der Waals surface area contributed by atoms with E-state index in [2.05, 4.69) is 22.0 Å². The SMILES string of the molecule is CC(=O)c1cccc(/N=C2/S/C(=C3\Sc4ccccc4N3C)C(=O)N2Cc2cccnc2)c1. The van der Waals surface area contributed by atoms with Gasteiger partial charge in [0.25, 0.3) is 5.91 Å². The number of aromatic nitrogens is 1. The van der Waals surface area contributed by atoms with E-state index in [1.54, 1.807) is 47.3 Å². The van der Waals surface area contributed by atoms with Gasteiger partial charge in [-0.1, -0.05) is 42.1 Å². The van der Waals surface area contributed by atoms with Crippen molar-refractivity contribution >= 4 is 51.8 Å². The Morgan fingerprint density at radius 1 is 1.06 bits per heavy atom. The van der Waals surface area contributed by atoms with E-state index < -0.39 is 0 Å². The maximum Gasteiger partial charge on any atom is 0.269 e. The van der Waals surface area contributed by atoms with Gasteiger partial charge in [-0.3, -0.25) is 19.5 Å². The third kappa shape index (κ3) is 4.19. The second-order valence-electron chi connectivity index (χ2n) is 7.62. The minimum atomic E-state index is -0.0903. The number of carbonyl (C=O) groups is 2. The zero-order valence-electron chi connectivity index (χ0n) is 18.1. The van der Waals surface area contributed by atoms with Gasteiger partial charge in [0.2, 0.25) is 0 Å². The highest BCUT2D eigenvalue weighted by atomic mass is 32.2. The minimum Gasteiger partial charge on any atom is -0.337 e. The van der Waals surface area contributed by atoms with Gasteiger partial charge in [0.15, 0.2) is 11.0 Å². The van der Waals surface area contributed by atoms with E-state index in [1.807, 2.05) is 37.4 Å². The number of amides is 1. The average molecular weight is 473 g/mol. The molecule has 2 aliphatic heterocycles. The van der Waals surface area contributed by atoms with E-state index in [1.165, 1.54) is 18.7 Å². The Balaban J connectivity index is 1.56. The molecule has 6 nitrogen and oxygen atoms in total. The highest BCUT2D eigenvalue weighted by Gasteiger charge is 2.39. The molecule has 0 aliphatic carbocycles. The van der Waals surface area contributed by atoms with Crippen LogP contribution in [-0.4, -0.2) is 33.8 Å². The van der Waals surface area contributed by atoms with Crippen molar-refractivity contribution in [1.29, 1.82) is 0 Å². The molecule has 8 heteroatoms. The van der Waals surface area contributed by atoms with Gasteiger partial charge in [0, 0.05) is 29.9 Å². The summed E-state index contributed by atoms with van der Waals surface area (Å²) in [7, 11) is 1.98. The van der Waals surface area contributed by atoms with Crippen molar-refractivity contribution in [2.24, 2.45) is 4.99 Å². The van der Waals surface area contributed by atoms with Crippen LogP contribution in [0.5, 0.6) is 0 Å². The molecule has 0 N–H and O–H groups in total. The molecule has 0 atom stereocenters. The van der Waals surface area contributed by atoms with Gasteiger partial charge in [0.1, 0.15) is 4.91 Å². The Labute approximate surface area is 200 Å². The van der Waals surface area contributed by atoms with Gasteiger partial charge in [-0.15, -0.1) is 0 Å². The van der Waals surface area contributed by atoms with Gasteiger partial charge in [-0.2, -0.15) is 0 Å². The predicted molar refractivity (Wildman–Crippen MR) is 134 cm³/mol. The second-order valence-corrected chi connectivity index (χ2v) is 9.63. The number of amidine groups is 1. The van der Waals surface area contributed by atoms with Gasteiger partial charge < -0.3 is 4.90 Å². The van der Waals surface area contributed by atoms with Crippen LogP contribution in [0.15, 0.2) is 92.9 Å². The number of anilines is 1. The van der Waals surface area contributed by atoms with E-state index in [9.17, 15) is 9.59 Å². The number of aliphatic imine (C=N–C) groups is 1. The summed E-state index contributed by atoms with van der Waals surface area (Å²) in [6.45, 7) is 1.89. The Hall–Kier alpha value is -3.36. The molecule has 1 fully saturated rings. The summed E-state index contributed by atoms with van der Waals surface area (Å²) in [5, 5.41) is 1.47. The summed E-state index contributed by atoms with van der Waals surface area (Å²) in [6, 6.07) is 19.1. The van der Waals surface area contributed by atoms with Crippen LogP contribution in [0.2, 0.25) is 0 Å². The molecule has 2 aromatic carbocycles. The van der Waals surface area contributed by atoms with E-state index >= 15 is 0 Å². The average Bonchev–Trinajstić information content (AvgIpc) is 3.31. The maximum atomic E-state index is 13.6. The van der Waals surface area contributed by atoms with Crippen LogP contribution in [0.3, 0.4) is 0 Å². The van der Waals surface area contributed by atoms with Crippen molar-refractivity contribution in [1.82, 2.24) is 9.88 Å². The molecule has 0 bridgehead atoms. The highest BCUT2D eigenvalue weighted by Crippen LogP contribution is 2.50. The molecule has 5 rings (SSSR count). The number of rotatable bonds is 4. The lowest BCUT2D eigenvalue weighted by molar-refractivity contribution is -0.122. The molecular formula is C25H20N4O2S2. The predicted octanol–water partition coefficient (Wildman–Crippen LogP) is 5.46. The number of benzene rings is 2. The zero-order valence-corrected chi connectivity index (χ0v) is 19.7. The van der Waals surface area contributed by atoms with Gasteiger partial charge >= 0.3 is 0 Å². The molecule has 2 aliphatic rings. The van der Waals surface area contributed by atoms with Crippen LogP contribution in [0.1, 0.15) is 22.8 Å². The standard InChI is InChI=1S/C25H20N4O2S2/c1-16(30)18-8-5-9-19(13-18)27-25-29(15-17-7-6-12-26-14-17)23(31)22(33-25)24-28(2)20-10-3-4-11-21(20)32-24/h3-14H,15H2,1-2H3/b24-22-,27-25+. The normalized spacial score (nSPS) is 18.8. The lowest BCUT2D eigenvalue weighted by atomic mass is 10.1. The minimum absolute atomic E-state index is 0.0241. The highest BCUT2D eigenvalue weighted by molar-refractivity contribution is 8.19. The number of thioether (sulfide) groups is 2. The Kier molecular flexibility index (Phi) is 5.78. The molecule has 1 saturated heterocycles. The zero-order chi connectivity index (χ0) is 22.9. The largest absolute Gasteiger partial charge is 0.337 e. The van der Waals surface area contributed by atoms with E-state index in [0.29, 0.717) is 27.9 Å². The van der Waals surface area contributed by atoms with Crippen molar-refractivity contribution in [3.63, 3.8) is 0 Å². The number of pyridine rings is 1. The fourth-order valence-electron chi connectivity index (χ4n) is 3.64. The molecule has 0 spiro atoms. The van der Waals surface area contributed by atoms with E-state index in [4.69, 9.17) is 4.99 Å². The number of fused-ring (bicyclic) bond motifs is 1. The molecule has 164 valence electrons. The Bertz CT molecular complexity index is 1320. The Morgan fingerprint density at radius 3 is 2.67 bits per heavy atom. The fourth-order valence-corrected chi connectivity index (χ4v) is 5.98. The first-order valence-electron chi connectivity index (χ1n) is 10.3. The smallest absolute Gasteiger partial charge is 0.269 e. The first-order chi connectivity index (χ1) is 16.0.